The summed E-state index contributed by atoms with van der Waals surface area (Å²) in [6, 6.07) is 8.37. The van der Waals surface area contributed by atoms with Gasteiger partial charge in [-0.1, -0.05) is 11.6 Å². The summed E-state index contributed by atoms with van der Waals surface area (Å²) in [7, 11) is 0. The largest absolute Gasteiger partial charge is 0.443 e. The molecule has 0 unspecified atom stereocenters. The fourth-order valence-electron chi connectivity index (χ4n) is 2.16. The highest BCUT2D eigenvalue weighted by atomic mass is 16.3. The number of rotatable bonds is 0. The van der Waals surface area contributed by atoms with Crippen LogP contribution < -0.4 is 0 Å². The van der Waals surface area contributed by atoms with Crippen molar-refractivity contribution < 1.29 is 4.42 Å². The van der Waals surface area contributed by atoms with Crippen LogP contribution in [0.1, 0.15) is 16.9 Å². The van der Waals surface area contributed by atoms with Crippen molar-refractivity contribution in [3.8, 4) is 0 Å². The molecule has 0 atom stereocenters. The minimum absolute atomic E-state index is 0.742. The van der Waals surface area contributed by atoms with Crippen molar-refractivity contribution in [2.45, 2.75) is 20.8 Å². The van der Waals surface area contributed by atoms with Gasteiger partial charge in [0.05, 0.1) is 5.52 Å². The minimum Gasteiger partial charge on any atom is -0.443 e. The van der Waals surface area contributed by atoms with Crippen LogP contribution in [0.3, 0.4) is 0 Å². The number of aromatic nitrogens is 1. The highest BCUT2D eigenvalue weighted by molar-refractivity contribution is 5.95. The highest BCUT2D eigenvalue weighted by Gasteiger charge is 2.09. The second-order valence-electron chi connectivity index (χ2n) is 4.33. The van der Waals surface area contributed by atoms with Gasteiger partial charge in [0.15, 0.2) is 0 Å². The van der Waals surface area contributed by atoms with Gasteiger partial charge in [-0.2, -0.15) is 0 Å². The lowest BCUT2D eigenvalue weighted by molar-refractivity contribution is 0.569. The zero-order valence-electron chi connectivity index (χ0n) is 9.66. The van der Waals surface area contributed by atoms with Crippen molar-refractivity contribution in [3.05, 3.63) is 41.2 Å². The average molecular weight is 211 g/mol. The SMILES string of the molecule is Cc1ccc2nc3oc(C)cc3c(C)c2c1. The number of hydrogen-bond acceptors (Lipinski definition) is 2. The summed E-state index contributed by atoms with van der Waals surface area (Å²) < 4.78 is 5.58. The van der Waals surface area contributed by atoms with Crippen LogP contribution in [-0.2, 0) is 0 Å². The zero-order valence-corrected chi connectivity index (χ0v) is 9.66. The van der Waals surface area contributed by atoms with E-state index in [-0.39, 0.29) is 0 Å². The number of fused-ring (bicyclic) bond motifs is 2. The van der Waals surface area contributed by atoms with Crippen molar-refractivity contribution in [1.29, 1.82) is 0 Å². The lowest BCUT2D eigenvalue weighted by Gasteiger charge is -2.03. The molecule has 2 heterocycles. The Bertz CT molecular complexity index is 695. The maximum atomic E-state index is 5.58. The molecule has 0 saturated heterocycles. The topological polar surface area (TPSA) is 26.0 Å². The summed E-state index contributed by atoms with van der Waals surface area (Å²) in [5, 5.41) is 2.34. The Morgan fingerprint density at radius 1 is 1.00 bits per heavy atom. The number of furan rings is 1. The Hall–Kier alpha value is -1.83. The maximum absolute atomic E-state index is 5.58. The summed E-state index contributed by atoms with van der Waals surface area (Å²) in [5.41, 5.74) is 4.26. The van der Waals surface area contributed by atoms with Crippen LogP contribution in [0.2, 0.25) is 0 Å². The third kappa shape index (κ3) is 1.23. The molecule has 0 N–H and O–H groups in total. The van der Waals surface area contributed by atoms with Gasteiger partial charge in [0, 0.05) is 10.8 Å². The Labute approximate surface area is 93.9 Å². The van der Waals surface area contributed by atoms with Gasteiger partial charge in [0.2, 0.25) is 5.71 Å². The quantitative estimate of drug-likeness (QED) is 0.563. The third-order valence-corrected chi connectivity index (χ3v) is 3.02. The average Bonchev–Trinajstić information content (AvgIpc) is 2.61. The monoisotopic (exact) mass is 211 g/mol. The molecule has 3 rings (SSSR count). The summed E-state index contributed by atoms with van der Waals surface area (Å²) in [5.74, 6) is 0.914. The van der Waals surface area contributed by atoms with Gasteiger partial charge < -0.3 is 4.42 Å². The van der Waals surface area contributed by atoms with Crippen LogP contribution >= 0.6 is 0 Å². The van der Waals surface area contributed by atoms with E-state index in [1.54, 1.807) is 0 Å². The maximum Gasteiger partial charge on any atom is 0.227 e. The molecular weight excluding hydrogens is 198 g/mol. The first-order valence-electron chi connectivity index (χ1n) is 5.42. The standard InChI is InChI=1S/C14H13NO/c1-8-4-5-13-11(6-8)10(3)12-7-9(2)16-14(12)15-13/h4-7H,1-3H3. The number of benzene rings is 1. The normalized spacial score (nSPS) is 11.4. The molecule has 0 fully saturated rings. The number of hydrogen-bond donors (Lipinski definition) is 0. The van der Waals surface area contributed by atoms with E-state index in [0.717, 1.165) is 22.4 Å². The van der Waals surface area contributed by atoms with E-state index < -0.39 is 0 Å². The molecule has 1 aromatic carbocycles. The van der Waals surface area contributed by atoms with Gasteiger partial charge in [-0.05, 0) is 44.5 Å². The fraction of sp³-hybridized carbons (Fsp3) is 0.214. The smallest absolute Gasteiger partial charge is 0.227 e. The minimum atomic E-state index is 0.742. The predicted molar refractivity (Wildman–Crippen MR) is 65.7 cm³/mol. The predicted octanol–water partition coefficient (Wildman–Crippen LogP) is 3.91. The Morgan fingerprint density at radius 2 is 1.81 bits per heavy atom. The van der Waals surface area contributed by atoms with Crippen molar-refractivity contribution in [1.82, 2.24) is 4.98 Å². The fourth-order valence-corrected chi connectivity index (χ4v) is 2.16. The summed E-state index contributed by atoms with van der Waals surface area (Å²) in [4.78, 5) is 4.53. The molecule has 80 valence electrons. The van der Waals surface area contributed by atoms with Gasteiger partial charge in [0.25, 0.3) is 0 Å². The Balaban J connectivity index is 2.55. The van der Waals surface area contributed by atoms with Crippen LogP contribution in [-0.4, -0.2) is 4.98 Å². The molecule has 16 heavy (non-hydrogen) atoms. The molecule has 2 heteroatoms. The van der Waals surface area contributed by atoms with Crippen LogP contribution in [0.25, 0.3) is 22.0 Å². The molecule has 0 aliphatic heterocycles. The van der Waals surface area contributed by atoms with Gasteiger partial charge in [0.1, 0.15) is 5.76 Å². The molecule has 3 aromatic rings. The molecule has 0 radical (unpaired) electrons. The molecular formula is C14H13NO. The molecule has 2 nitrogen and oxygen atoms in total. The summed E-state index contributed by atoms with van der Waals surface area (Å²) in [6.45, 7) is 6.18. The van der Waals surface area contributed by atoms with Gasteiger partial charge >= 0.3 is 0 Å². The zero-order chi connectivity index (χ0) is 11.3. The highest BCUT2D eigenvalue weighted by Crippen LogP contribution is 2.27. The van der Waals surface area contributed by atoms with E-state index >= 15 is 0 Å². The van der Waals surface area contributed by atoms with E-state index in [2.05, 4.69) is 43.1 Å². The van der Waals surface area contributed by atoms with E-state index in [9.17, 15) is 0 Å². The lowest BCUT2D eigenvalue weighted by Crippen LogP contribution is -1.85. The first kappa shape index (κ1) is 9.40. The lowest BCUT2D eigenvalue weighted by atomic mass is 10.1. The van der Waals surface area contributed by atoms with E-state index in [1.807, 2.05) is 6.92 Å². The van der Waals surface area contributed by atoms with Gasteiger partial charge in [-0.3, -0.25) is 0 Å². The number of nitrogens with zero attached hydrogens (tertiary/aromatic N) is 1. The first-order valence-corrected chi connectivity index (χ1v) is 5.42. The van der Waals surface area contributed by atoms with Crippen molar-refractivity contribution >= 4 is 22.0 Å². The third-order valence-electron chi connectivity index (χ3n) is 3.02. The van der Waals surface area contributed by atoms with E-state index in [4.69, 9.17) is 4.42 Å². The van der Waals surface area contributed by atoms with Crippen molar-refractivity contribution in [2.24, 2.45) is 0 Å². The van der Waals surface area contributed by atoms with Gasteiger partial charge in [-0.15, -0.1) is 0 Å². The molecule has 0 saturated carbocycles. The first-order chi connectivity index (χ1) is 7.65. The van der Waals surface area contributed by atoms with E-state index in [1.165, 1.54) is 16.5 Å². The molecule has 0 bridgehead atoms. The van der Waals surface area contributed by atoms with Crippen molar-refractivity contribution in [3.63, 3.8) is 0 Å². The number of aryl methyl sites for hydroxylation is 3. The Kier molecular flexibility index (Phi) is 1.81. The summed E-state index contributed by atoms with van der Waals surface area (Å²) in [6.07, 6.45) is 0. The Morgan fingerprint density at radius 3 is 2.62 bits per heavy atom. The van der Waals surface area contributed by atoms with Crippen molar-refractivity contribution in [2.75, 3.05) is 0 Å². The molecule has 0 spiro atoms. The van der Waals surface area contributed by atoms with Gasteiger partial charge in [-0.25, -0.2) is 4.98 Å². The molecule has 0 amide bonds. The second-order valence-corrected chi connectivity index (χ2v) is 4.33. The van der Waals surface area contributed by atoms with Crippen LogP contribution in [0.4, 0.5) is 0 Å². The summed E-state index contributed by atoms with van der Waals surface area (Å²) >= 11 is 0. The molecule has 0 aliphatic carbocycles. The second kappa shape index (κ2) is 3.08. The van der Waals surface area contributed by atoms with Crippen LogP contribution in [0, 0.1) is 20.8 Å². The van der Waals surface area contributed by atoms with Crippen LogP contribution in [0.5, 0.6) is 0 Å². The van der Waals surface area contributed by atoms with Crippen LogP contribution in [0.15, 0.2) is 28.7 Å². The van der Waals surface area contributed by atoms with E-state index in [0.29, 0.717) is 0 Å². The molecule has 2 aromatic heterocycles. The number of pyridine rings is 1. The molecule has 0 aliphatic rings.